The van der Waals surface area contributed by atoms with Crippen LogP contribution in [0.2, 0.25) is 10.0 Å². The van der Waals surface area contributed by atoms with Crippen molar-refractivity contribution in [2.75, 3.05) is 26.3 Å². The Morgan fingerprint density at radius 1 is 1.35 bits per heavy atom. The number of alkyl halides is 2. The minimum absolute atomic E-state index is 0. The molecular formula is C13H16Cl2F2IN3O2. The van der Waals surface area contributed by atoms with Gasteiger partial charge in [0.15, 0.2) is 5.96 Å². The van der Waals surface area contributed by atoms with Gasteiger partial charge in [-0.15, -0.1) is 24.0 Å². The number of halogens is 5. The van der Waals surface area contributed by atoms with E-state index in [2.05, 4.69) is 9.73 Å². The number of rotatable bonds is 4. The zero-order chi connectivity index (χ0) is 16.1. The van der Waals surface area contributed by atoms with Crippen molar-refractivity contribution in [1.82, 2.24) is 4.90 Å². The lowest BCUT2D eigenvalue weighted by molar-refractivity contribution is -0.0503. The summed E-state index contributed by atoms with van der Waals surface area (Å²) in [6.45, 7) is -0.556. The normalized spacial score (nSPS) is 15.5. The quantitative estimate of drug-likeness (QED) is 0.407. The van der Waals surface area contributed by atoms with Crippen LogP contribution >= 0.6 is 47.2 Å². The molecule has 10 heteroatoms. The average Bonchev–Trinajstić information content (AvgIpc) is 2.48. The highest BCUT2D eigenvalue weighted by Gasteiger charge is 2.16. The lowest BCUT2D eigenvalue weighted by atomic mass is 10.2. The molecule has 0 bridgehead atoms. The van der Waals surface area contributed by atoms with Crippen molar-refractivity contribution in [3.05, 3.63) is 27.7 Å². The maximum Gasteiger partial charge on any atom is 0.387 e. The minimum atomic E-state index is -2.99. The first kappa shape index (κ1) is 20.5. The molecule has 0 aliphatic carbocycles. The molecule has 130 valence electrons. The van der Waals surface area contributed by atoms with Gasteiger partial charge >= 0.3 is 6.61 Å². The molecule has 2 N–H and O–H groups in total. The number of morpholine rings is 1. The van der Waals surface area contributed by atoms with Gasteiger partial charge in [0.2, 0.25) is 0 Å². The van der Waals surface area contributed by atoms with Gasteiger partial charge in [-0.25, -0.2) is 4.99 Å². The Bertz CT molecular complexity index is 558. The highest BCUT2D eigenvalue weighted by Crippen LogP contribution is 2.34. The molecule has 0 radical (unpaired) electrons. The standard InChI is InChI=1S/C13H15Cl2F2N3O2.HI/c14-9-5-8(11(10(15)6-9)22-12(16)17)7-19-13(18)20-1-3-21-4-2-20;/h5-6,12H,1-4,7H2,(H2,18,19);1H. The molecular weight excluding hydrogens is 466 g/mol. The summed E-state index contributed by atoms with van der Waals surface area (Å²) in [7, 11) is 0. The van der Waals surface area contributed by atoms with E-state index in [9.17, 15) is 8.78 Å². The van der Waals surface area contributed by atoms with Crippen LogP contribution in [0.3, 0.4) is 0 Å². The van der Waals surface area contributed by atoms with E-state index in [1.54, 1.807) is 0 Å². The fraction of sp³-hybridized carbons (Fsp3) is 0.462. The number of benzene rings is 1. The molecule has 1 aliphatic heterocycles. The van der Waals surface area contributed by atoms with Gasteiger partial charge in [-0.2, -0.15) is 8.78 Å². The predicted molar refractivity (Wildman–Crippen MR) is 96.2 cm³/mol. The third-order valence-electron chi connectivity index (χ3n) is 3.04. The number of guanidine groups is 1. The summed E-state index contributed by atoms with van der Waals surface area (Å²) in [6, 6.07) is 2.81. The van der Waals surface area contributed by atoms with Crippen molar-refractivity contribution in [3.63, 3.8) is 0 Å². The monoisotopic (exact) mass is 481 g/mol. The van der Waals surface area contributed by atoms with E-state index in [1.807, 2.05) is 4.90 Å². The summed E-state index contributed by atoms with van der Waals surface area (Å²) < 4.78 is 34.6. The molecule has 0 atom stereocenters. The maximum atomic E-state index is 12.5. The molecule has 2 rings (SSSR count). The first-order valence-corrected chi connectivity index (χ1v) is 7.28. The lowest BCUT2D eigenvalue weighted by Gasteiger charge is -2.27. The van der Waals surface area contributed by atoms with Crippen LogP contribution in [0.1, 0.15) is 5.56 Å². The van der Waals surface area contributed by atoms with Crippen LogP contribution in [0.25, 0.3) is 0 Å². The van der Waals surface area contributed by atoms with Gasteiger partial charge in [-0.3, -0.25) is 0 Å². The molecule has 1 heterocycles. The Morgan fingerprint density at radius 2 is 2.00 bits per heavy atom. The molecule has 1 saturated heterocycles. The van der Waals surface area contributed by atoms with E-state index < -0.39 is 6.61 Å². The first-order chi connectivity index (χ1) is 10.5. The van der Waals surface area contributed by atoms with Crippen molar-refractivity contribution in [2.24, 2.45) is 10.7 Å². The summed E-state index contributed by atoms with van der Waals surface area (Å²) in [5.41, 5.74) is 6.23. The van der Waals surface area contributed by atoms with E-state index in [0.29, 0.717) is 42.8 Å². The molecule has 1 aliphatic rings. The van der Waals surface area contributed by atoms with Gasteiger partial charge in [-0.05, 0) is 12.1 Å². The molecule has 0 unspecified atom stereocenters. The van der Waals surface area contributed by atoms with Crippen molar-refractivity contribution < 1.29 is 18.3 Å². The smallest absolute Gasteiger partial charge is 0.387 e. The van der Waals surface area contributed by atoms with E-state index in [0.717, 1.165) is 0 Å². The summed E-state index contributed by atoms with van der Waals surface area (Å²) in [4.78, 5) is 6.04. The Kier molecular flexibility index (Phi) is 8.59. The Hall–Kier alpha value is -0.580. The van der Waals surface area contributed by atoms with Crippen LogP contribution in [0, 0.1) is 0 Å². The van der Waals surface area contributed by atoms with Crippen LogP contribution in [0.15, 0.2) is 17.1 Å². The van der Waals surface area contributed by atoms with E-state index >= 15 is 0 Å². The molecule has 1 aromatic rings. The second-order valence-corrected chi connectivity index (χ2v) is 5.37. The summed E-state index contributed by atoms with van der Waals surface area (Å²) in [5.74, 6) is 0.169. The molecule has 0 aromatic heterocycles. The number of hydrogen-bond acceptors (Lipinski definition) is 3. The topological polar surface area (TPSA) is 60.1 Å². The Morgan fingerprint density at radius 3 is 2.61 bits per heavy atom. The molecule has 0 amide bonds. The van der Waals surface area contributed by atoms with Gasteiger partial charge < -0.3 is 20.1 Å². The van der Waals surface area contributed by atoms with Crippen molar-refractivity contribution in [2.45, 2.75) is 13.2 Å². The van der Waals surface area contributed by atoms with Gasteiger partial charge in [0.25, 0.3) is 0 Å². The maximum absolute atomic E-state index is 12.5. The SMILES string of the molecule is I.NC(=NCc1cc(Cl)cc(Cl)c1OC(F)F)N1CCOCC1. The van der Waals surface area contributed by atoms with Crippen molar-refractivity contribution in [3.8, 4) is 5.75 Å². The van der Waals surface area contributed by atoms with Gasteiger partial charge in [0.05, 0.1) is 24.8 Å². The second kappa shape index (κ2) is 9.65. The van der Waals surface area contributed by atoms with Crippen molar-refractivity contribution in [1.29, 1.82) is 0 Å². The summed E-state index contributed by atoms with van der Waals surface area (Å²) in [5, 5.41) is 0.310. The zero-order valence-electron chi connectivity index (χ0n) is 12.0. The number of hydrogen-bond donors (Lipinski definition) is 1. The Labute approximate surface area is 159 Å². The summed E-state index contributed by atoms with van der Waals surface area (Å²) in [6.07, 6.45) is 0. The van der Waals surface area contributed by atoms with Gasteiger partial charge in [0, 0.05) is 23.7 Å². The number of nitrogens with two attached hydrogens (primary N) is 1. The zero-order valence-corrected chi connectivity index (χ0v) is 15.8. The molecule has 23 heavy (non-hydrogen) atoms. The molecule has 1 aromatic carbocycles. The highest BCUT2D eigenvalue weighted by molar-refractivity contribution is 14.0. The predicted octanol–water partition coefficient (Wildman–Crippen LogP) is 3.36. The Balaban J connectivity index is 0.00000264. The highest BCUT2D eigenvalue weighted by atomic mass is 127. The lowest BCUT2D eigenvalue weighted by Crippen LogP contribution is -2.44. The third-order valence-corrected chi connectivity index (χ3v) is 3.54. The van der Waals surface area contributed by atoms with Crippen LogP contribution in [-0.4, -0.2) is 43.8 Å². The van der Waals surface area contributed by atoms with Crippen LogP contribution in [0.5, 0.6) is 5.75 Å². The molecule has 1 fully saturated rings. The minimum Gasteiger partial charge on any atom is -0.433 e. The van der Waals surface area contributed by atoms with Crippen LogP contribution in [-0.2, 0) is 11.3 Å². The van der Waals surface area contributed by atoms with E-state index in [4.69, 9.17) is 33.7 Å². The van der Waals surface area contributed by atoms with Crippen LogP contribution < -0.4 is 10.5 Å². The number of ether oxygens (including phenoxy) is 2. The third kappa shape index (κ3) is 6.09. The molecule has 5 nitrogen and oxygen atoms in total. The van der Waals surface area contributed by atoms with Gasteiger partial charge in [0.1, 0.15) is 5.75 Å². The van der Waals surface area contributed by atoms with Crippen LogP contribution in [0.4, 0.5) is 8.78 Å². The van der Waals surface area contributed by atoms with Gasteiger partial charge in [-0.1, -0.05) is 23.2 Å². The summed E-state index contributed by atoms with van der Waals surface area (Å²) >= 11 is 11.8. The largest absolute Gasteiger partial charge is 0.433 e. The molecule has 0 saturated carbocycles. The molecule has 0 spiro atoms. The fourth-order valence-electron chi connectivity index (χ4n) is 2.01. The van der Waals surface area contributed by atoms with E-state index in [-0.39, 0.29) is 41.3 Å². The fourth-order valence-corrected chi connectivity index (χ4v) is 2.59. The first-order valence-electron chi connectivity index (χ1n) is 6.52. The van der Waals surface area contributed by atoms with Crippen molar-refractivity contribution >= 4 is 53.1 Å². The second-order valence-electron chi connectivity index (χ2n) is 4.53. The number of nitrogens with zero attached hydrogens (tertiary/aromatic N) is 2. The number of aliphatic imine (C=N–C) groups is 1. The average molecular weight is 482 g/mol. The van der Waals surface area contributed by atoms with E-state index in [1.165, 1.54) is 12.1 Å².